The van der Waals surface area contributed by atoms with Crippen molar-refractivity contribution < 1.29 is 30.7 Å². The number of hydrogen-bond acceptors (Lipinski definition) is 1. The summed E-state index contributed by atoms with van der Waals surface area (Å²) in [4.78, 5) is 2.38. The molecule has 1 heterocycles. The van der Waals surface area contributed by atoms with Gasteiger partial charge in [0.05, 0.1) is 11.1 Å². The zero-order chi connectivity index (χ0) is 18.4. The van der Waals surface area contributed by atoms with Gasteiger partial charge in [0, 0.05) is 5.56 Å². The lowest BCUT2D eigenvalue weighted by Gasteiger charge is -2.21. The Morgan fingerprint density at radius 3 is 1.79 bits per heavy atom. The van der Waals surface area contributed by atoms with Gasteiger partial charge >= 0.3 is 6.18 Å². The second-order valence-electron chi connectivity index (χ2n) is 5.63. The summed E-state index contributed by atoms with van der Waals surface area (Å²) in [5.74, 6) is -8.53. The maximum Gasteiger partial charge on any atom is 0.417 e. The van der Waals surface area contributed by atoms with Gasteiger partial charge in [0.1, 0.15) is 0 Å². The molecule has 2 rings (SSSR count). The van der Waals surface area contributed by atoms with Crippen molar-refractivity contribution >= 4 is 0 Å². The number of nitrogens with zero attached hydrogens (tertiary/aromatic N) is 1. The van der Waals surface area contributed by atoms with Crippen LogP contribution in [0.15, 0.2) is 12.1 Å². The van der Waals surface area contributed by atoms with Gasteiger partial charge in [-0.15, -0.1) is 0 Å². The van der Waals surface area contributed by atoms with Gasteiger partial charge in [-0.3, -0.25) is 0 Å². The summed E-state index contributed by atoms with van der Waals surface area (Å²) >= 11 is 0. The van der Waals surface area contributed by atoms with Crippen LogP contribution in [0.4, 0.5) is 30.7 Å². The summed E-state index contributed by atoms with van der Waals surface area (Å²) in [6.07, 6.45) is -4.97. The second-order valence-corrected chi connectivity index (χ2v) is 5.63. The lowest BCUT2D eigenvalue weighted by atomic mass is 9.87. The number of benzene rings is 1. The minimum Gasteiger partial charge on any atom is -0.201 e. The molecule has 8 heteroatoms. The Bertz CT molecular complexity index is 768. The largest absolute Gasteiger partial charge is 0.417 e. The lowest BCUT2D eigenvalue weighted by molar-refractivity contribution is -0.137. The van der Waals surface area contributed by atoms with Crippen LogP contribution in [0.25, 0.3) is 11.1 Å². The second kappa shape index (κ2) is 6.07. The van der Waals surface area contributed by atoms with Gasteiger partial charge in [-0.05, 0) is 24.5 Å². The molecule has 1 aromatic carbocycles. The Morgan fingerprint density at radius 2 is 1.38 bits per heavy atom. The molecule has 130 valence electrons. The normalized spacial score (nSPS) is 12.1. The molecular formula is C16H12F7N. The smallest absolute Gasteiger partial charge is 0.201 e. The van der Waals surface area contributed by atoms with Crippen LogP contribution in [0.3, 0.4) is 0 Å². The van der Waals surface area contributed by atoms with Gasteiger partial charge in [0.25, 0.3) is 11.9 Å². The fourth-order valence-corrected chi connectivity index (χ4v) is 2.48. The van der Waals surface area contributed by atoms with Crippen LogP contribution in [-0.2, 0) is 6.18 Å². The predicted octanol–water partition coefficient (Wildman–Crippen LogP) is 5.76. The van der Waals surface area contributed by atoms with Gasteiger partial charge in [-0.1, -0.05) is 25.5 Å². The highest BCUT2D eigenvalue weighted by molar-refractivity contribution is 5.74. The third-order valence-corrected chi connectivity index (χ3v) is 3.49. The maximum absolute atomic E-state index is 14.0. The van der Waals surface area contributed by atoms with Crippen LogP contribution in [0.1, 0.15) is 36.5 Å². The number of aromatic nitrogens is 1. The highest BCUT2D eigenvalue weighted by Crippen LogP contribution is 2.44. The SMILES string of the molecule is Cc1cc(C(C)C)c(-c2c(F)c(F)nc(F)c2F)c(C(F)(F)F)c1. The molecule has 0 aliphatic carbocycles. The fourth-order valence-electron chi connectivity index (χ4n) is 2.48. The van der Waals surface area contributed by atoms with Gasteiger partial charge < -0.3 is 0 Å². The molecule has 1 nitrogen and oxygen atoms in total. The Labute approximate surface area is 133 Å². The van der Waals surface area contributed by atoms with Crippen molar-refractivity contribution in [3.63, 3.8) is 0 Å². The number of hydrogen-bond donors (Lipinski definition) is 0. The quantitative estimate of drug-likeness (QED) is 0.495. The third-order valence-electron chi connectivity index (χ3n) is 3.49. The molecule has 0 bridgehead atoms. The van der Waals surface area contributed by atoms with Crippen LogP contribution in [0.2, 0.25) is 0 Å². The Hall–Kier alpha value is -2.12. The van der Waals surface area contributed by atoms with Gasteiger partial charge in [-0.25, -0.2) is 8.78 Å². The van der Waals surface area contributed by atoms with Crippen LogP contribution < -0.4 is 0 Å². The highest BCUT2D eigenvalue weighted by atomic mass is 19.4. The molecule has 2 aromatic rings. The molecule has 0 N–H and O–H groups in total. The fraction of sp³-hybridized carbons (Fsp3) is 0.312. The minimum atomic E-state index is -4.97. The average Bonchev–Trinajstić information content (AvgIpc) is 2.45. The van der Waals surface area contributed by atoms with Crippen molar-refractivity contribution in [3.05, 3.63) is 52.4 Å². The molecule has 1 aromatic heterocycles. The first-order valence-corrected chi connectivity index (χ1v) is 6.87. The summed E-state index contributed by atoms with van der Waals surface area (Å²) in [7, 11) is 0. The van der Waals surface area contributed by atoms with E-state index in [9.17, 15) is 30.7 Å². The first-order chi connectivity index (χ1) is 10.9. The molecule has 0 amide bonds. The molecule has 0 aliphatic rings. The molecule has 0 fully saturated rings. The molecule has 0 atom stereocenters. The molecule has 0 radical (unpaired) electrons. The predicted molar refractivity (Wildman–Crippen MR) is 73.3 cm³/mol. The lowest BCUT2D eigenvalue weighted by Crippen LogP contribution is -2.13. The zero-order valence-corrected chi connectivity index (χ0v) is 12.8. The summed E-state index contributed by atoms with van der Waals surface area (Å²) in [5, 5.41) is 0. The van der Waals surface area contributed by atoms with Crippen LogP contribution in [0.5, 0.6) is 0 Å². The van der Waals surface area contributed by atoms with E-state index in [1.807, 2.05) is 0 Å². The average molecular weight is 351 g/mol. The van der Waals surface area contributed by atoms with Crippen LogP contribution in [-0.4, -0.2) is 4.98 Å². The third kappa shape index (κ3) is 3.09. The van der Waals surface area contributed by atoms with E-state index in [0.717, 1.165) is 0 Å². The molecule has 0 spiro atoms. The van der Waals surface area contributed by atoms with Gasteiger partial charge in [0.2, 0.25) is 0 Å². The molecule has 0 unspecified atom stereocenters. The Morgan fingerprint density at radius 1 is 0.875 bits per heavy atom. The van der Waals surface area contributed by atoms with E-state index in [4.69, 9.17) is 0 Å². The van der Waals surface area contributed by atoms with E-state index < -0.39 is 52.3 Å². The number of aryl methyl sites for hydroxylation is 1. The van der Waals surface area contributed by atoms with Crippen molar-refractivity contribution in [2.24, 2.45) is 0 Å². The topological polar surface area (TPSA) is 12.9 Å². The van der Waals surface area contributed by atoms with Crippen molar-refractivity contribution in [2.45, 2.75) is 32.9 Å². The number of halogens is 7. The molecule has 0 saturated heterocycles. The summed E-state index contributed by atoms with van der Waals surface area (Å²) in [6.45, 7) is 4.38. The van der Waals surface area contributed by atoms with E-state index in [0.29, 0.717) is 6.07 Å². The molecule has 24 heavy (non-hydrogen) atoms. The maximum atomic E-state index is 14.0. The zero-order valence-electron chi connectivity index (χ0n) is 12.8. The number of rotatable bonds is 2. The first kappa shape index (κ1) is 18.2. The van der Waals surface area contributed by atoms with Crippen LogP contribution in [0, 0.1) is 30.5 Å². The van der Waals surface area contributed by atoms with E-state index in [1.165, 1.54) is 26.8 Å². The van der Waals surface area contributed by atoms with E-state index in [2.05, 4.69) is 4.98 Å². The molecular weight excluding hydrogens is 339 g/mol. The monoisotopic (exact) mass is 351 g/mol. The van der Waals surface area contributed by atoms with Crippen LogP contribution >= 0.6 is 0 Å². The summed E-state index contributed by atoms with van der Waals surface area (Å²) in [6, 6.07) is 1.97. The van der Waals surface area contributed by atoms with Gasteiger partial charge in [0.15, 0.2) is 11.6 Å². The Kier molecular flexibility index (Phi) is 4.61. The number of alkyl halides is 3. The highest BCUT2D eigenvalue weighted by Gasteiger charge is 2.38. The van der Waals surface area contributed by atoms with Crippen molar-refractivity contribution in [1.82, 2.24) is 4.98 Å². The minimum absolute atomic E-state index is 0.0786. The van der Waals surface area contributed by atoms with Crippen molar-refractivity contribution in [3.8, 4) is 11.1 Å². The number of pyridine rings is 1. The first-order valence-electron chi connectivity index (χ1n) is 6.87. The Balaban J connectivity index is 3.04. The van der Waals surface area contributed by atoms with Gasteiger partial charge in [-0.2, -0.15) is 26.9 Å². The summed E-state index contributed by atoms with van der Waals surface area (Å²) < 4.78 is 94.9. The van der Waals surface area contributed by atoms with Crippen molar-refractivity contribution in [2.75, 3.05) is 0 Å². The molecule has 0 saturated carbocycles. The summed E-state index contributed by atoms with van der Waals surface area (Å²) in [5.41, 5.74) is -3.57. The van der Waals surface area contributed by atoms with E-state index in [-0.39, 0.29) is 11.1 Å². The molecule has 0 aliphatic heterocycles. The van der Waals surface area contributed by atoms with Crippen molar-refractivity contribution in [1.29, 1.82) is 0 Å². The van der Waals surface area contributed by atoms with E-state index in [1.54, 1.807) is 0 Å². The van der Waals surface area contributed by atoms with E-state index >= 15 is 0 Å². The standard InChI is InChI=1S/C16H12F7N/c1-6(2)8-4-7(3)5-9(16(21,22)23)10(8)11-12(17)14(19)24-15(20)13(11)18/h4-6H,1-3H3.